The molecule has 0 amide bonds. The second-order valence-electron chi connectivity index (χ2n) is 4.18. The van der Waals surface area contributed by atoms with E-state index in [0.717, 1.165) is 19.5 Å². The molecule has 0 aliphatic carbocycles. The third kappa shape index (κ3) is 7.10. The molecule has 0 spiro atoms. The highest BCUT2D eigenvalue weighted by atomic mass is 32.2. The summed E-state index contributed by atoms with van der Waals surface area (Å²) < 4.78 is 24.0. The number of benzene rings is 1. The Morgan fingerprint density at radius 3 is 2.35 bits per heavy atom. The lowest BCUT2D eigenvalue weighted by molar-refractivity contribution is 0.579. The molecule has 0 fully saturated rings. The smallest absolute Gasteiger partial charge is 0.208 e. The lowest BCUT2D eigenvalue weighted by Gasteiger charge is -2.05. The molecule has 0 radical (unpaired) electrons. The fraction of sp³-hybridized carbons (Fsp3) is 0.500. The molecule has 0 saturated heterocycles. The van der Waals surface area contributed by atoms with E-state index in [1.807, 2.05) is 0 Å². The molecule has 1 rings (SSSR count). The van der Waals surface area contributed by atoms with Crippen molar-refractivity contribution in [3.05, 3.63) is 35.4 Å². The topological polar surface area (TPSA) is 58.2 Å². The zero-order valence-corrected chi connectivity index (χ0v) is 11.2. The predicted octanol–water partition coefficient (Wildman–Crippen LogP) is 1.02. The predicted molar refractivity (Wildman–Crippen MR) is 70.3 cm³/mol. The SMILES string of the molecule is Cc1ccc(CNCCCNS(C)(=O)=O)cc1. The van der Waals surface area contributed by atoms with Crippen LogP contribution in [0.1, 0.15) is 17.5 Å². The van der Waals surface area contributed by atoms with E-state index in [9.17, 15) is 8.42 Å². The van der Waals surface area contributed by atoms with E-state index in [4.69, 9.17) is 0 Å². The number of rotatable bonds is 7. The van der Waals surface area contributed by atoms with Gasteiger partial charge in [-0.25, -0.2) is 13.1 Å². The second-order valence-corrected chi connectivity index (χ2v) is 6.02. The van der Waals surface area contributed by atoms with Gasteiger partial charge in [-0.05, 0) is 25.5 Å². The molecule has 17 heavy (non-hydrogen) atoms. The van der Waals surface area contributed by atoms with Crippen LogP contribution in [0, 0.1) is 6.92 Å². The van der Waals surface area contributed by atoms with Gasteiger partial charge in [-0.1, -0.05) is 29.8 Å². The fourth-order valence-electron chi connectivity index (χ4n) is 1.41. The number of nitrogens with one attached hydrogen (secondary N) is 2. The Bertz CT molecular complexity index is 426. The van der Waals surface area contributed by atoms with Gasteiger partial charge in [-0.15, -0.1) is 0 Å². The van der Waals surface area contributed by atoms with Crippen LogP contribution in [0.15, 0.2) is 24.3 Å². The summed E-state index contributed by atoms with van der Waals surface area (Å²) in [7, 11) is -3.05. The number of sulfonamides is 1. The summed E-state index contributed by atoms with van der Waals surface area (Å²) in [4.78, 5) is 0. The Hall–Kier alpha value is -0.910. The summed E-state index contributed by atoms with van der Waals surface area (Å²) in [5.74, 6) is 0. The zero-order valence-electron chi connectivity index (χ0n) is 10.4. The molecule has 0 atom stereocenters. The molecule has 96 valence electrons. The van der Waals surface area contributed by atoms with E-state index in [1.165, 1.54) is 17.4 Å². The first-order chi connectivity index (χ1) is 7.97. The highest BCUT2D eigenvalue weighted by molar-refractivity contribution is 7.88. The van der Waals surface area contributed by atoms with Gasteiger partial charge in [-0.2, -0.15) is 0 Å². The van der Waals surface area contributed by atoms with Crippen molar-refractivity contribution >= 4 is 10.0 Å². The molecular formula is C12H20N2O2S. The summed E-state index contributed by atoms with van der Waals surface area (Å²) in [6.07, 6.45) is 1.96. The van der Waals surface area contributed by atoms with Gasteiger partial charge in [0, 0.05) is 13.1 Å². The van der Waals surface area contributed by atoms with E-state index in [-0.39, 0.29) is 0 Å². The van der Waals surface area contributed by atoms with Crippen LogP contribution in [-0.2, 0) is 16.6 Å². The maximum atomic E-state index is 10.8. The minimum atomic E-state index is -3.05. The molecule has 0 aromatic heterocycles. The van der Waals surface area contributed by atoms with Gasteiger partial charge in [0.2, 0.25) is 10.0 Å². The summed E-state index contributed by atoms with van der Waals surface area (Å²) in [6.45, 7) is 4.17. The molecule has 1 aromatic rings. The van der Waals surface area contributed by atoms with Gasteiger partial charge < -0.3 is 5.32 Å². The van der Waals surface area contributed by atoms with Crippen LogP contribution >= 0.6 is 0 Å². The molecule has 0 bridgehead atoms. The fourth-order valence-corrected chi connectivity index (χ4v) is 1.92. The van der Waals surface area contributed by atoms with Gasteiger partial charge in [0.15, 0.2) is 0 Å². The van der Waals surface area contributed by atoms with E-state index < -0.39 is 10.0 Å². The normalized spacial score (nSPS) is 11.6. The van der Waals surface area contributed by atoms with Crippen LogP contribution in [0.25, 0.3) is 0 Å². The summed E-state index contributed by atoms with van der Waals surface area (Å²) >= 11 is 0. The Labute approximate surface area is 103 Å². The maximum absolute atomic E-state index is 10.8. The minimum absolute atomic E-state index is 0.486. The van der Waals surface area contributed by atoms with Crippen LogP contribution in [0.5, 0.6) is 0 Å². The number of hydrogen-bond acceptors (Lipinski definition) is 3. The van der Waals surface area contributed by atoms with E-state index in [0.29, 0.717) is 6.54 Å². The minimum Gasteiger partial charge on any atom is -0.313 e. The van der Waals surface area contributed by atoms with E-state index in [2.05, 4.69) is 41.2 Å². The van der Waals surface area contributed by atoms with Crippen LogP contribution < -0.4 is 10.0 Å². The molecule has 0 saturated carbocycles. The standard InChI is InChI=1S/C12H20N2O2S/c1-11-4-6-12(7-5-11)10-13-8-3-9-14-17(2,15)16/h4-7,13-14H,3,8-10H2,1-2H3. The van der Waals surface area contributed by atoms with Crippen LogP contribution in [0.3, 0.4) is 0 Å². The molecular weight excluding hydrogens is 236 g/mol. The Morgan fingerprint density at radius 2 is 1.76 bits per heavy atom. The van der Waals surface area contributed by atoms with Gasteiger partial charge in [-0.3, -0.25) is 0 Å². The van der Waals surface area contributed by atoms with Crippen molar-refractivity contribution in [3.63, 3.8) is 0 Å². The highest BCUT2D eigenvalue weighted by Crippen LogP contribution is 2.02. The molecule has 0 aliphatic rings. The quantitative estimate of drug-likeness (QED) is 0.716. The first-order valence-corrected chi connectivity index (χ1v) is 7.57. The van der Waals surface area contributed by atoms with Gasteiger partial charge >= 0.3 is 0 Å². The van der Waals surface area contributed by atoms with Crippen molar-refractivity contribution in [1.29, 1.82) is 0 Å². The van der Waals surface area contributed by atoms with Crippen LogP contribution in [-0.4, -0.2) is 27.8 Å². The average molecular weight is 256 g/mol. The molecule has 0 aliphatic heterocycles. The molecule has 4 nitrogen and oxygen atoms in total. The molecule has 0 unspecified atom stereocenters. The third-order valence-electron chi connectivity index (χ3n) is 2.34. The van der Waals surface area contributed by atoms with Crippen molar-refractivity contribution in [3.8, 4) is 0 Å². The largest absolute Gasteiger partial charge is 0.313 e. The van der Waals surface area contributed by atoms with Gasteiger partial charge in [0.1, 0.15) is 0 Å². The first-order valence-electron chi connectivity index (χ1n) is 5.68. The maximum Gasteiger partial charge on any atom is 0.208 e. The Morgan fingerprint density at radius 1 is 1.12 bits per heavy atom. The number of aryl methyl sites for hydroxylation is 1. The monoisotopic (exact) mass is 256 g/mol. The van der Waals surface area contributed by atoms with Crippen molar-refractivity contribution < 1.29 is 8.42 Å². The summed E-state index contributed by atoms with van der Waals surface area (Å²) in [5.41, 5.74) is 2.50. The molecule has 0 heterocycles. The van der Waals surface area contributed by atoms with Crippen LogP contribution in [0.2, 0.25) is 0 Å². The summed E-state index contributed by atoms with van der Waals surface area (Å²) in [6, 6.07) is 8.36. The Kier molecular flexibility index (Phi) is 5.61. The lowest BCUT2D eigenvalue weighted by Crippen LogP contribution is -2.26. The van der Waals surface area contributed by atoms with Crippen LogP contribution in [0.4, 0.5) is 0 Å². The number of hydrogen-bond donors (Lipinski definition) is 2. The van der Waals surface area contributed by atoms with E-state index in [1.54, 1.807) is 0 Å². The summed E-state index contributed by atoms with van der Waals surface area (Å²) in [5, 5.41) is 3.27. The molecule has 2 N–H and O–H groups in total. The zero-order chi connectivity index (χ0) is 12.7. The molecule has 5 heteroatoms. The van der Waals surface area contributed by atoms with Crippen molar-refractivity contribution in [1.82, 2.24) is 10.0 Å². The molecule has 1 aromatic carbocycles. The van der Waals surface area contributed by atoms with Gasteiger partial charge in [0.05, 0.1) is 6.26 Å². The van der Waals surface area contributed by atoms with Crippen molar-refractivity contribution in [2.24, 2.45) is 0 Å². The van der Waals surface area contributed by atoms with Crippen molar-refractivity contribution in [2.45, 2.75) is 19.9 Å². The lowest BCUT2D eigenvalue weighted by atomic mass is 10.1. The second kappa shape index (κ2) is 6.74. The van der Waals surface area contributed by atoms with E-state index >= 15 is 0 Å². The third-order valence-corrected chi connectivity index (χ3v) is 3.07. The average Bonchev–Trinajstić information content (AvgIpc) is 2.24. The van der Waals surface area contributed by atoms with Crippen molar-refractivity contribution in [2.75, 3.05) is 19.3 Å². The van der Waals surface area contributed by atoms with Gasteiger partial charge in [0.25, 0.3) is 0 Å². The highest BCUT2D eigenvalue weighted by Gasteiger charge is 1.98. The first kappa shape index (κ1) is 14.2. The Balaban J connectivity index is 2.10.